The highest BCUT2D eigenvalue weighted by molar-refractivity contribution is 8.04. The summed E-state index contributed by atoms with van der Waals surface area (Å²) in [6.07, 6.45) is 2.13. The largest absolute Gasteiger partial charge is 1.00 e. The van der Waals surface area contributed by atoms with E-state index in [1.807, 2.05) is 0 Å². The average molecular weight is 558 g/mol. The highest BCUT2D eigenvalue weighted by atomic mass is 127. The fraction of sp³-hybridized carbons (Fsp3) is 0.192. The number of nitrogens with one attached hydrogen (secondary N) is 1. The van der Waals surface area contributed by atoms with E-state index in [0.717, 1.165) is 10.9 Å². The van der Waals surface area contributed by atoms with E-state index in [9.17, 15) is 0 Å². The maximum atomic E-state index is 5.08. The van der Waals surface area contributed by atoms with Crippen LogP contribution in [-0.4, -0.2) is 16.2 Å². The van der Waals surface area contributed by atoms with Gasteiger partial charge in [0.25, 0.3) is 0 Å². The van der Waals surface area contributed by atoms with Crippen molar-refractivity contribution in [3.8, 4) is 0 Å². The maximum absolute atomic E-state index is 5.08. The van der Waals surface area contributed by atoms with Gasteiger partial charge in [0.2, 0.25) is 5.44 Å². The first-order valence-corrected chi connectivity index (χ1v) is 13.2. The number of benzene rings is 3. The van der Waals surface area contributed by atoms with E-state index < -0.39 is 7.26 Å². The van der Waals surface area contributed by atoms with Gasteiger partial charge in [-0.25, -0.2) is 4.98 Å². The lowest BCUT2D eigenvalue weighted by Crippen LogP contribution is -3.00. The zero-order chi connectivity index (χ0) is 21.2. The van der Waals surface area contributed by atoms with Crippen molar-refractivity contribution < 1.29 is 24.0 Å². The van der Waals surface area contributed by atoms with Crippen LogP contribution >= 0.6 is 19.0 Å². The Bertz CT molecular complexity index is 1010. The van der Waals surface area contributed by atoms with Crippen molar-refractivity contribution in [3.05, 3.63) is 96.8 Å². The van der Waals surface area contributed by atoms with Gasteiger partial charge in [-0.3, -0.25) is 0 Å². The number of rotatable bonds is 5. The van der Waals surface area contributed by atoms with Gasteiger partial charge in [-0.1, -0.05) is 75.4 Å². The molecule has 0 aliphatic rings. The lowest BCUT2D eigenvalue weighted by atomic mass is 9.96. The molecule has 1 aromatic heterocycles. The Kier molecular flexibility index (Phi) is 7.67. The number of H-pyrrole nitrogens is 1. The summed E-state index contributed by atoms with van der Waals surface area (Å²) in [7, 11) is -2.15. The minimum Gasteiger partial charge on any atom is -1.00 e. The topological polar surface area (TPSA) is 28.7 Å². The van der Waals surface area contributed by atoms with E-state index in [1.54, 1.807) is 11.8 Å². The summed E-state index contributed by atoms with van der Waals surface area (Å²) in [5.74, 6) is 1.04. The monoisotopic (exact) mass is 558 g/mol. The fourth-order valence-electron chi connectivity index (χ4n) is 3.86. The van der Waals surface area contributed by atoms with Gasteiger partial charge in [-0.05, 0) is 42.7 Å². The van der Waals surface area contributed by atoms with Crippen LogP contribution in [0.2, 0.25) is 0 Å². The standard InChI is InChI=1S/C26H28N2PS.HI/c1-26(2,3)25-27-23(24(28-25)30-4)29(20-14-8-5-9-15-20,21-16-10-6-11-17-21)22-18-12-7-13-19-22;/h5-19H,1-4H3,(H,27,28);1H/q+1;/p-1. The molecule has 3 aromatic carbocycles. The quantitative estimate of drug-likeness (QED) is 0.231. The molecule has 160 valence electrons. The third-order valence-electron chi connectivity index (χ3n) is 5.32. The van der Waals surface area contributed by atoms with E-state index in [1.165, 1.54) is 21.3 Å². The number of aromatic amines is 1. The highest BCUT2D eigenvalue weighted by Gasteiger charge is 2.51. The summed E-state index contributed by atoms with van der Waals surface area (Å²) < 4.78 is 0. The molecule has 4 aromatic rings. The summed E-state index contributed by atoms with van der Waals surface area (Å²) in [5, 5.41) is 5.09. The molecule has 1 heterocycles. The molecule has 0 atom stereocenters. The molecule has 0 aliphatic heterocycles. The van der Waals surface area contributed by atoms with Gasteiger partial charge in [0.05, 0.1) is 0 Å². The zero-order valence-electron chi connectivity index (χ0n) is 18.3. The summed E-state index contributed by atoms with van der Waals surface area (Å²) in [6.45, 7) is 6.65. The molecule has 0 fully saturated rings. The molecule has 4 rings (SSSR count). The number of thioether (sulfide) groups is 1. The Morgan fingerprint density at radius 3 is 1.42 bits per heavy atom. The number of nitrogens with zero attached hydrogens (tertiary/aromatic N) is 1. The first-order chi connectivity index (χ1) is 14.5. The van der Waals surface area contributed by atoms with Crippen LogP contribution < -0.4 is 45.3 Å². The van der Waals surface area contributed by atoms with Gasteiger partial charge in [0.1, 0.15) is 21.7 Å². The lowest BCUT2D eigenvalue weighted by molar-refractivity contribution is -0.00000639. The van der Waals surface area contributed by atoms with E-state index >= 15 is 0 Å². The van der Waals surface area contributed by atoms with Crippen LogP contribution in [0.15, 0.2) is 96.0 Å². The van der Waals surface area contributed by atoms with Crippen LogP contribution in [0.4, 0.5) is 0 Å². The molecule has 5 heteroatoms. The molecule has 0 aliphatic carbocycles. The van der Waals surface area contributed by atoms with E-state index in [4.69, 9.17) is 4.98 Å². The van der Waals surface area contributed by atoms with Crippen LogP contribution in [0.5, 0.6) is 0 Å². The number of aromatic nitrogens is 2. The fourth-order valence-corrected chi connectivity index (χ4v) is 9.11. The summed E-state index contributed by atoms with van der Waals surface area (Å²) in [5.41, 5.74) is 1.19. The second-order valence-corrected chi connectivity index (χ2v) is 12.5. The van der Waals surface area contributed by atoms with Crippen LogP contribution in [0.25, 0.3) is 0 Å². The van der Waals surface area contributed by atoms with Crippen LogP contribution in [-0.2, 0) is 5.41 Å². The average Bonchev–Trinajstić information content (AvgIpc) is 3.22. The molecule has 0 amide bonds. The Balaban J connectivity index is 0.00000272. The van der Waals surface area contributed by atoms with Crippen molar-refractivity contribution >= 4 is 40.4 Å². The van der Waals surface area contributed by atoms with Crippen molar-refractivity contribution in [1.82, 2.24) is 9.97 Å². The summed E-state index contributed by atoms with van der Waals surface area (Å²) in [6, 6.07) is 32.8. The smallest absolute Gasteiger partial charge is 0.210 e. The lowest BCUT2D eigenvalue weighted by Gasteiger charge is -2.26. The minimum atomic E-state index is -2.15. The number of imidazole rings is 1. The molecule has 0 radical (unpaired) electrons. The molecule has 0 spiro atoms. The Morgan fingerprint density at radius 1 is 0.710 bits per heavy atom. The Morgan fingerprint density at radius 2 is 1.10 bits per heavy atom. The van der Waals surface area contributed by atoms with Crippen molar-refractivity contribution in [1.29, 1.82) is 0 Å². The molecule has 2 nitrogen and oxygen atoms in total. The van der Waals surface area contributed by atoms with Gasteiger partial charge in [-0.15, -0.1) is 11.8 Å². The second-order valence-electron chi connectivity index (χ2n) is 8.37. The number of halogens is 1. The van der Waals surface area contributed by atoms with Crippen molar-refractivity contribution in [3.63, 3.8) is 0 Å². The molecule has 0 saturated carbocycles. The van der Waals surface area contributed by atoms with Crippen molar-refractivity contribution in [2.75, 3.05) is 6.26 Å². The van der Waals surface area contributed by atoms with Gasteiger partial charge in [0, 0.05) is 5.41 Å². The molecule has 31 heavy (non-hydrogen) atoms. The van der Waals surface area contributed by atoms with Crippen LogP contribution in [0, 0.1) is 0 Å². The first-order valence-electron chi connectivity index (χ1n) is 10.2. The number of hydrogen-bond donors (Lipinski definition) is 1. The van der Waals surface area contributed by atoms with E-state index in [-0.39, 0.29) is 29.4 Å². The van der Waals surface area contributed by atoms with E-state index in [2.05, 4.69) is 123 Å². The predicted octanol–water partition coefficient (Wildman–Crippen LogP) is 2.05. The third-order valence-corrected chi connectivity index (χ3v) is 10.4. The van der Waals surface area contributed by atoms with Gasteiger partial charge >= 0.3 is 0 Å². The molecule has 0 saturated heterocycles. The molecular weight excluding hydrogens is 530 g/mol. The maximum Gasteiger partial charge on any atom is 0.210 e. The second kappa shape index (κ2) is 9.89. The van der Waals surface area contributed by atoms with Crippen LogP contribution in [0.3, 0.4) is 0 Å². The Labute approximate surface area is 207 Å². The minimum absolute atomic E-state index is 0. The zero-order valence-corrected chi connectivity index (χ0v) is 22.2. The van der Waals surface area contributed by atoms with Crippen molar-refractivity contribution in [2.24, 2.45) is 0 Å². The highest BCUT2D eigenvalue weighted by Crippen LogP contribution is 2.55. The van der Waals surface area contributed by atoms with Crippen molar-refractivity contribution in [2.45, 2.75) is 31.2 Å². The molecular formula is C26H28IN2PS. The predicted molar refractivity (Wildman–Crippen MR) is 134 cm³/mol. The van der Waals surface area contributed by atoms with Crippen LogP contribution in [0.1, 0.15) is 26.6 Å². The van der Waals surface area contributed by atoms with Gasteiger partial charge in [0.15, 0.2) is 12.3 Å². The summed E-state index contributed by atoms with van der Waals surface area (Å²) in [4.78, 5) is 8.90. The first kappa shape index (κ1) is 24.0. The third kappa shape index (κ3) is 4.48. The summed E-state index contributed by atoms with van der Waals surface area (Å²) >= 11 is 1.73. The Hall–Kier alpha value is -1.62. The van der Waals surface area contributed by atoms with Gasteiger partial charge < -0.3 is 29.0 Å². The SMILES string of the molecule is CSc1nc(C(C)(C)C)[nH]c1[P+](c1ccccc1)(c1ccccc1)c1ccccc1.[I-]. The molecule has 0 bridgehead atoms. The van der Waals surface area contributed by atoms with Gasteiger partial charge in [-0.2, -0.15) is 0 Å². The van der Waals surface area contributed by atoms with E-state index in [0.29, 0.717) is 0 Å². The molecule has 1 N–H and O–H groups in total. The number of hydrogen-bond acceptors (Lipinski definition) is 2. The normalized spacial score (nSPS) is 11.7. The molecule has 0 unspecified atom stereocenters.